The summed E-state index contributed by atoms with van der Waals surface area (Å²) in [6, 6.07) is 3.87. The Morgan fingerprint density at radius 2 is 1.74 bits per heavy atom. The van der Waals surface area contributed by atoms with Crippen molar-refractivity contribution >= 4 is 22.0 Å². The number of ether oxygens (including phenoxy) is 3. The molecule has 0 spiro atoms. The third-order valence-corrected chi connectivity index (χ3v) is 3.62. The lowest BCUT2D eigenvalue weighted by Gasteiger charge is -2.15. The Bertz CT molecular complexity index is 453. The summed E-state index contributed by atoms with van der Waals surface area (Å²) in [7, 11) is 4.87. The first-order chi connectivity index (χ1) is 9.08. The summed E-state index contributed by atoms with van der Waals surface area (Å²) in [6.07, 6.45) is 2.13. The van der Waals surface area contributed by atoms with Crippen LogP contribution in [0.5, 0.6) is 17.2 Å². The van der Waals surface area contributed by atoms with Crippen LogP contribution in [0.25, 0.3) is 6.08 Å². The molecule has 1 rings (SSSR count). The quantitative estimate of drug-likeness (QED) is 0.734. The van der Waals surface area contributed by atoms with E-state index in [1.165, 1.54) is 5.57 Å². The number of hydrogen-bond acceptors (Lipinski definition) is 3. The predicted molar refractivity (Wildman–Crippen MR) is 82.7 cm³/mol. The molecule has 4 heteroatoms. The molecule has 0 atom stereocenters. The number of allylic oxidation sites excluding steroid dienone is 1. The van der Waals surface area contributed by atoms with Crippen LogP contribution in [0, 0.1) is 5.92 Å². The number of alkyl halides is 1. The average molecular weight is 329 g/mol. The molecule has 1 aromatic rings. The molecule has 0 aromatic heterocycles. The molecule has 106 valence electrons. The smallest absolute Gasteiger partial charge is 0.203 e. The molecule has 0 aliphatic carbocycles. The molecule has 3 nitrogen and oxygen atoms in total. The highest BCUT2D eigenvalue weighted by atomic mass is 79.9. The van der Waals surface area contributed by atoms with Crippen molar-refractivity contribution < 1.29 is 14.2 Å². The van der Waals surface area contributed by atoms with E-state index in [1.807, 2.05) is 12.1 Å². The Kier molecular flexibility index (Phi) is 6.22. The lowest BCUT2D eigenvalue weighted by atomic mass is 10.0. The zero-order valence-corrected chi connectivity index (χ0v) is 13.7. The molecule has 19 heavy (non-hydrogen) atoms. The van der Waals surface area contributed by atoms with Crippen molar-refractivity contribution in [3.63, 3.8) is 0 Å². The van der Waals surface area contributed by atoms with Gasteiger partial charge in [-0.05, 0) is 18.1 Å². The molecule has 0 radical (unpaired) electrons. The van der Waals surface area contributed by atoms with E-state index in [9.17, 15) is 0 Å². The first-order valence-corrected chi connectivity index (χ1v) is 7.26. The molecule has 0 fully saturated rings. The van der Waals surface area contributed by atoms with Crippen LogP contribution in [0.2, 0.25) is 0 Å². The third kappa shape index (κ3) is 3.66. The zero-order chi connectivity index (χ0) is 14.4. The van der Waals surface area contributed by atoms with Crippen molar-refractivity contribution in [2.24, 2.45) is 5.92 Å². The fourth-order valence-corrected chi connectivity index (χ4v) is 2.61. The lowest BCUT2D eigenvalue weighted by Crippen LogP contribution is -1.99. The van der Waals surface area contributed by atoms with Gasteiger partial charge >= 0.3 is 0 Å². The van der Waals surface area contributed by atoms with Crippen molar-refractivity contribution in [2.45, 2.75) is 13.8 Å². The topological polar surface area (TPSA) is 27.7 Å². The van der Waals surface area contributed by atoms with Gasteiger partial charge in [-0.25, -0.2) is 0 Å². The van der Waals surface area contributed by atoms with Gasteiger partial charge in [-0.1, -0.05) is 41.4 Å². The van der Waals surface area contributed by atoms with E-state index in [1.54, 1.807) is 21.3 Å². The molecule has 1 aromatic carbocycles. The molecular formula is C15H21BrO3. The van der Waals surface area contributed by atoms with Crippen LogP contribution >= 0.6 is 15.9 Å². The van der Waals surface area contributed by atoms with Crippen LogP contribution in [0.1, 0.15) is 19.4 Å². The Morgan fingerprint density at radius 1 is 1.11 bits per heavy atom. The van der Waals surface area contributed by atoms with Crippen molar-refractivity contribution in [3.05, 3.63) is 23.3 Å². The van der Waals surface area contributed by atoms with Crippen LogP contribution in [0.3, 0.4) is 0 Å². The lowest BCUT2D eigenvalue weighted by molar-refractivity contribution is 0.324. The maximum atomic E-state index is 5.47. The minimum atomic E-state index is 0.470. The fraction of sp³-hybridized carbons (Fsp3) is 0.467. The van der Waals surface area contributed by atoms with Crippen LogP contribution in [-0.2, 0) is 0 Å². The molecular weight excluding hydrogens is 308 g/mol. The van der Waals surface area contributed by atoms with Crippen molar-refractivity contribution in [2.75, 3.05) is 26.7 Å². The first-order valence-electron chi connectivity index (χ1n) is 6.14. The maximum Gasteiger partial charge on any atom is 0.203 e. The van der Waals surface area contributed by atoms with Gasteiger partial charge < -0.3 is 14.2 Å². The number of halogens is 1. The molecule has 0 bridgehead atoms. The minimum absolute atomic E-state index is 0.470. The van der Waals surface area contributed by atoms with Crippen LogP contribution in [-0.4, -0.2) is 26.7 Å². The highest BCUT2D eigenvalue weighted by molar-refractivity contribution is 9.09. The number of rotatable bonds is 6. The van der Waals surface area contributed by atoms with Gasteiger partial charge in [0.15, 0.2) is 11.5 Å². The molecule has 0 aliphatic rings. The monoisotopic (exact) mass is 328 g/mol. The SMILES string of the molecule is COc1ccc(C=C(CBr)C(C)C)c(OC)c1OC. The Labute approximate surface area is 123 Å². The van der Waals surface area contributed by atoms with Gasteiger partial charge in [-0.3, -0.25) is 0 Å². The average Bonchev–Trinajstić information content (AvgIpc) is 2.42. The van der Waals surface area contributed by atoms with Gasteiger partial charge in [0, 0.05) is 10.9 Å². The first kappa shape index (κ1) is 15.9. The van der Waals surface area contributed by atoms with E-state index in [-0.39, 0.29) is 0 Å². The Balaban J connectivity index is 3.36. The van der Waals surface area contributed by atoms with E-state index in [4.69, 9.17) is 14.2 Å². The number of methoxy groups -OCH3 is 3. The molecule has 0 unspecified atom stereocenters. The van der Waals surface area contributed by atoms with Gasteiger partial charge in [0.25, 0.3) is 0 Å². The van der Waals surface area contributed by atoms with Crippen LogP contribution in [0.4, 0.5) is 0 Å². The molecule has 0 heterocycles. The second kappa shape index (κ2) is 7.43. The highest BCUT2D eigenvalue weighted by Crippen LogP contribution is 2.40. The molecule has 0 saturated heterocycles. The summed E-state index contributed by atoms with van der Waals surface area (Å²) < 4.78 is 16.1. The predicted octanol–water partition coefficient (Wildman–Crippen LogP) is 4.15. The van der Waals surface area contributed by atoms with E-state index in [0.717, 1.165) is 10.9 Å². The summed E-state index contributed by atoms with van der Waals surface area (Å²) in [5.41, 5.74) is 2.29. The Morgan fingerprint density at radius 3 is 2.16 bits per heavy atom. The van der Waals surface area contributed by atoms with E-state index < -0.39 is 0 Å². The van der Waals surface area contributed by atoms with E-state index in [2.05, 4.69) is 35.9 Å². The second-order valence-electron chi connectivity index (χ2n) is 4.43. The van der Waals surface area contributed by atoms with Crippen LogP contribution in [0.15, 0.2) is 17.7 Å². The molecule has 0 amide bonds. The fourth-order valence-electron chi connectivity index (χ4n) is 1.80. The van der Waals surface area contributed by atoms with Crippen molar-refractivity contribution in [1.82, 2.24) is 0 Å². The largest absolute Gasteiger partial charge is 0.493 e. The molecule has 0 N–H and O–H groups in total. The summed E-state index contributed by atoms with van der Waals surface area (Å²) >= 11 is 3.52. The second-order valence-corrected chi connectivity index (χ2v) is 4.99. The number of hydrogen-bond donors (Lipinski definition) is 0. The molecule has 0 aliphatic heterocycles. The van der Waals surface area contributed by atoms with Gasteiger partial charge in [0.05, 0.1) is 21.3 Å². The van der Waals surface area contributed by atoms with Gasteiger partial charge in [-0.15, -0.1) is 0 Å². The summed E-state index contributed by atoms with van der Waals surface area (Å²) in [5, 5.41) is 0.835. The van der Waals surface area contributed by atoms with Gasteiger partial charge in [-0.2, -0.15) is 0 Å². The molecule has 0 saturated carbocycles. The Hall–Kier alpha value is -1.16. The van der Waals surface area contributed by atoms with Gasteiger partial charge in [0.2, 0.25) is 5.75 Å². The zero-order valence-electron chi connectivity index (χ0n) is 12.1. The standard InChI is InChI=1S/C15H21BrO3/c1-10(2)12(9-16)8-11-6-7-13(17-3)15(19-5)14(11)18-4/h6-8,10H,9H2,1-5H3. The summed E-state index contributed by atoms with van der Waals surface area (Å²) in [6.45, 7) is 4.33. The number of benzene rings is 1. The van der Waals surface area contributed by atoms with Crippen LogP contribution < -0.4 is 14.2 Å². The highest BCUT2D eigenvalue weighted by Gasteiger charge is 2.15. The van der Waals surface area contributed by atoms with Crippen molar-refractivity contribution in [3.8, 4) is 17.2 Å². The normalized spacial score (nSPS) is 11.6. The third-order valence-electron chi connectivity index (χ3n) is 2.97. The van der Waals surface area contributed by atoms with Crippen molar-refractivity contribution in [1.29, 1.82) is 0 Å². The van der Waals surface area contributed by atoms with E-state index >= 15 is 0 Å². The van der Waals surface area contributed by atoms with Gasteiger partial charge in [0.1, 0.15) is 0 Å². The summed E-state index contributed by atoms with van der Waals surface area (Å²) in [5.74, 6) is 2.45. The summed E-state index contributed by atoms with van der Waals surface area (Å²) in [4.78, 5) is 0. The van der Waals surface area contributed by atoms with E-state index in [0.29, 0.717) is 23.2 Å². The maximum absolute atomic E-state index is 5.47. The minimum Gasteiger partial charge on any atom is -0.493 e.